The van der Waals surface area contributed by atoms with Gasteiger partial charge < -0.3 is 9.47 Å². The molecule has 0 spiro atoms. The number of ether oxygens (including phenoxy) is 2. The molecule has 0 saturated carbocycles. The van der Waals surface area contributed by atoms with Crippen LogP contribution in [0.25, 0.3) is 0 Å². The van der Waals surface area contributed by atoms with Crippen LogP contribution in [0.5, 0.6) is 0 Å². The summed E-state index contributed by atoms with van der Waals surface area (Å²) < 4.78 is 10.3. The SMILES string of the molecule is CCCCC#CCCCCCCCC(OC)OC. The number of unbranched alkanes of at least 4 members (excludes halogenated alkanes) is 7. The van der Waals surface area contributed by atoms with E-state index in [-0.39, 0.29) is 6.29 Å². The summed E-state index contributed by atoms with van der Waals surface area (Å²) in [6.45, 7) is 2.21. The van der Waals surface area contributed by atoms with Crippen LogP contribution >= 0.6 is 0 Å². The lowest BCUT2D eigenvalue weighted by Crippen LogP contribution is -2.12. The molecule has 106 valence electrons. The fourth-order valence-electron chi connectivity index (χ4n) is 1.83. The van der Waals surface area contributed by atoms with Crippen molar-refractivity contribution in [3.8, 4) is 11.8 Å². The van der Waals surface area contributed by atoms with Crippen molar-refractivity contribution in [1.82, 2.24) is 0 Å². The summed E-state index contributed by atoms with van der Waals surface area (Å²) in [5, 5.41) is 0. The van der Waals surface area contributed by atoms with Crippen LogP contribution in [0, 0.1) is 11.8 Å². The molecule has 0 heterocycles. The van der Waals surface area contributed by atoms with E-state index in [0.29, 0.717) is 0 Å². The van der Waals surface area contributed by atoms with Crippen LogP contribution in [0.4, 0.5) is 0 Å². The van der Waals surface area contributed by atoms with Gasteiger partial charge in [-0.05, 0) is 25.7 Å². The van der Waals surface area contributed by atoms with Gasteiger partial charge in [-0.3, -0.25) is 0 Å². The molecule has 0 aromatic heterocycles. The first kappa shape index (κ1) is 17.5. The Morgan fingerprint density at radius 3 is 1.94 bits per heavy atom. The van der Waals surface area contributed by atoms with Gasteiger partial charge in [0.05, 0.1) is 0 Å². The van der Waals surface area contributed by atoms with Gasteiger partial charge in [0, 0.05) is 27.1 Å². The average molecular weight is 254 g/mol. The molecule has 0 aliphatic carbocycles. The van der Waals surface area contributed by atoms with E-state index in [1.54, 1.807) is 14.2 Å². The minimum atomic E-state index is -0.0190. The standard InChI is InChI=1S/C16H30O2/c1-4-5-6-7-8-9-10-11-12-13-14-15-16(17-2)18-3/h16H,4-6,9-15H2,1-3H3. The third-order valence-corrected chi connectivity index (χ3v) is 3.05. The van der Waals surface area contributed by atoms with Gasteiger partial charge in [0.1, 0.15) is 0 Å². The molecule has 0 radical (unpaired) electrons. The van der Waals surface area contributed by atoms with E-state index in [1.807, 2.05) is 0 Å². The molecule has 0 saturated heterocycles. The topological polar surface area (TPSA) is 18.5 Å². The van der Waals surface area contributed by atoms with Crippen molar-refractivity contribution in [3.05, 3.63) is 0 Å². The highest BCUT2D eigenvalue weighted by Crippen LogP contribution is 2.10. The lowest BCUT2D eigenvalue weighted by Gasteiger charge is -2.12. The van der Waals surface area contributed by atoms with Gasteiger partial charge in [0.25, 0.3) is 0 Å². The quantitative estimate of drug-likeness (QED) is 0.306. The van der Waals surface area contributed by atoms with Crippen molar-refractivity contribution in [2.45, 2.75) is 77.4 Å². The van der Waals surface area contributed by atoms with E-state index in [4.69, 9.17) is 9.47 Å². The summed E-state index contributed by atoms with van der Waals surface area (Å²) in [7, 11) is 3.40. The Kier molecular flexibility index (Phi) is 14.1. The monoisotopic (exact) mass is 254 g/mol. The second-order valence-electron chi connectivity index (χ2n) is 4.66. The predicted octanol–water partition coefficient (Wildman–Crippen LogP) is 4.53. The van der Waals surface area contributed by atoms with E-state index >= 15 is 0 Å². The van der Waals surface area contributed by atoms with Crippen LogP contribution in [-0.4, -0.2) is 20.5 Å². The lowest BCUT2D eigenvalue weighted by atomic mass is 10.1. The second kappa shape index (κ2) is 14.5. The maximum Gasteiger partial charge on any atom is 0.156 e. The van der Waals surface area contributed by atoms with E-state index in [9.17, 15) is 0 Å². The van der Waals surface area contributed by atoms with Gasteiger partial charge in [-0.2, -0.15) is 0 Å². The minimum absolute atomic E-state index is 0.0190. The molecule has 0 bridgehead atoms. The highest BCUT2D eigenvalue weighted by atomic mass is 16.7. The number of rotatable bonds is 11. The van der Waals surface area contributed by atoms with Crippen molar-refractivity contribution in [2.24, 2.45) is 0 Å². The maximum absolute atomic E-state index is 5.15. The summed E-state index contributed by atoms with van der Waals surface area (Å²) in [6, 6.07) is 0. The molecule has 0 unspecified atom stereocenters. The maximum atomic E-state index is 5.15. The summed E-state index contributed by atoms with van der Waals surface area (Å²) in [5.74, 6) is 6.49. The van der Waals surface area contributed by atoms with E-state index < -0.39 is 0 Å². The largest absolute Gasteiger partial charge is 0.356 e. The summed E-state index contributed by atoms with van der Waals surface area (Å²) in [4.78, 5) is 0. The minimum Gasteiger partial charge on any atom is -0.356 e. The van der Waals surface area contributed by atoms with E-state index in [1.165, 1.54) is 44.9 Å². The Bertz CT molecular complexity index is 211. The van der Waals surface area contributed by atoms with Crippen LogP contribution in [0.15, 0.2) is 0 Å². The second-order valence-corrected chi connectivity index (χ2v) is 4.66. The van der Waals surface area contributed by atoms with Crippen molar-refractivity contribution < 1.29 is 9.47 Å². The third-order valence-electron chi connectivity index (χ3n) is 3.05. The third kappa shape index (κ3) is 12.0. The van der Waals surface area contributed by atoms with Crippen molar-refractivity contribution in [3.63, 3.8) is 0 Å². The van der Waals surface area contributed by atoms with Crippen molar-refractivity contribution in [2.75, 3.05) is 14.2 Å². The Balaban J connectivity index is 3.17. The van der Waals surface area contributed by atoms with Gasteiger partial charge in [-0.25, -0.2) is 0 Å². The first-order valence-corrected chi connectivity index (χ1v) is 7.36. The Hall–Kier alpha value is -0.520. The van der Waals surface area contributed by atoms with Gasteiger partial charge in [-0.1, -0.05) is 32.6 Å². The van der Waals surface area contributed by atoms with Crippen LogP contribution in [0.3, 0.4) is 0 Å². The van der Waals surface area contributed by atoms with Gasteiger partial charge in [0.2, 0.25) is 0 Å². The van der Waals surface area contributed by atoms with Crippen LogP contribution in [-0.2, 0) is 9.47 Å². The van der Waals surface area contributed by atoms with Gasteiger partial charge in [0.15, 0.2) is 6.29 Å². The van der Waals surface area contributed by atoms with Crippen molar-refractivity contribution >= 4 is 0 Å². The van der Waals surface area contributed by atoms with Crippen LogP contribution < -0.4 is 0 Å². The molecule has 0 rings (SSSR count). The molecule has 0 atom stereocenters. The first-order chi connectivity index (χ1) is 8.85. The smallest absolute Gasteiger partial charge is 0.156 e. The Morgan fingerprint density at radius 2 is 1.33 bits per heavy atom. The fourth-order valence-corrected chi connectivity index (χ4v) is 1.83. The summed E-state index contributed by atoms with van der Waals surface area (Å²) in [6.07, 6.45) is 11.9. The highest BCUT2D eigenvalue weighted by Gasteiger charge is 2.03. The number of hydrogen-bond acceptors (Lipinski definition) is 2. The molecule has 2 heteroatoms. The van der Waals surface area contributed by atoms with E-state index in [0.717, 1.165) is 19.3 Å². The summed E-state index contributed by atoms with van der Waals surface area (Å²) >= 11 is 0. The molecule has 2 nitrogen and oxygen atoms in total. The van der Waals surface area contributed by atoms with Crippen LogP contribution in [0.1, 0.15) is 71.1 Å². The van der Waals surface area contributed by atoms with Crippen molar-refractivity contribution in [1.29, 1.82) is 0 Å². The lowest BCUT2D eigenvalue weighted by molar-refractivity contribution is -0.107. The zero-order valence-corrected chi connectivity index (χ0v) is 12.5. The zero-order chi connectivity index (χ0) is 13.5. The molecule has 0 amide bonds. The molecular weight excluding hydrogens is 224 g/mol. The Labute approximate surface area is 113 Å². The molecule has 0 aliphatic rings. The molecule has 0 fully saturated rings. The normalized spacial score (nSPS) is 10.4. The molecule has 0 N–H and O–H groups in total. The Morgan fingerprint density at radius 1 is 0.778 bits per heavy atom. The predicted molar refractivity (Wildman–Crippen MR) is 77.4 cm³/mol. The molecule has 0 aromatic rings. The first-order valence-electron chi connectivity index (χ1n) is 7.36. The zero-order valence-electron chi connectivity index (χ0n) is 12.5. The number of methoxy groups -OCH3 is 2. The summed E-state index contributed by atoms with van der Waals surface area (Å²) in [5.41, 5.74) is 0. The molecule has 0 aromatic carbocycles. The molecular formula is C16H30O2. The van der Waals surface area contributed by atoms with E-state index in [2.05, 4.69) is 18.8 Å². The molecule has 18 heavy (non-hydrogen) atoms. The fraction of sp³-hybridized carbons (Fsp3) is 0.875. The highest BCUT2D eigenvalue weighted by molar-refractivity contribution is 4.98. The van der Waals surface area contributed by atoms with Gasteiger partial charge in [-0.15, -0.1) is 11.8 Å². The number of hydrogen-bond donors (Lipinski definition) is 0. The molecule has 0 aliphatic heterocycles. The van der Waals surface area contributed by atoms with Gasteiger partial charge >= 0.3 is 0 Å². The average Bonchev–Trinajstić information content (AvgIpc) is 2.40. The van der Waals surface area contributed by atoms with Crippen LogP contribution in [0.2, 0.25) is 0 Å².